The monoisotopic (exact) mass is 323 g/mol. The van der Waals surface area contributed by atoms with Crippen LogP contribution in [-0.4, -0.2) is 21.9 Å². The Balaban J connectivity index is 1.81. The Morgan fingerprint density at radius 3 is 2.86 bits per heavy atom. The number of halogens is 1. The van der Waals surface area contributed by atoms with Crippen molar-refractivity contribution in [1.82, 2.24) is 9.47 Å². The van der Waals surface area contributed by atoms with E-state index >= 15 is 0 Å². The molecule has 1 aliphatic carbocycles. The zero-order valence-corrected chi connectivity index (χ0v) is 13.5. The minimum Gasteiger partial charge on any atom is -0.397 e. The highest BCUT2D eigenvalue weighted by Crippen LogP contribution is 2.37. The maximum absolute atomic E-state index is 12.8. The number of rotatable bonds is 5. The quantitative estimate of drug-likeness (QED) is 0.910. The van der Waals surface area contributed by atoms with Crippen LogP contribution in [-0.2, 0) is 6.54 Å². The highest BCUT2D eigenvalue weighted by Gasteiger charge is 2.29. The summed E-state index contributed by atoms with van der Waals surface area (Å²) in [4.78, 5) is 15.7. The number of amides is 1. The van der Waals surface area contributed by atoms with Crippen LogP contribution in [0, 0.1) is 0 Å². The van der Waals surface area contributed by atoms with Crippen LogP contribution in [0.4, 0.5) is 5.69 Å². The third-order valence-corrected chi connectivity index (χ3v) is 4.89. The number of thiophene rings is 1. The molecule has 21 heavy (non-hydrogen) atoms. The Bertz CT molecular complexity index is 660. The van der Waals surface area contributed by atoms with E-state index in [1.165, 1.54) is 11.3 Å². The first-order chi connectivity index (χ1) is 10.1. The van der Waals surface area contributed by atoms with E-state index in [0.717, 1.165) is 22.1 Å². The van der Waals surface area contributed by atoms with Crippen LogP contribution >= 0.6 is 22.9 Å². The number of nitrogens with two attached hydrogens (primary N) is 1. The predicted octanol–water partition coefficient (Wildman–Crippen LogP) is 3.78. The molecule has 2 N–H and O–H groups in total. The van der Waals surface area contributed by atoms with Gasteiger partial charge in [-0.2, -0.15) is 0 Å². The van der Waals surface area contributed by atoms with Gasteiger partial charge in [0.25, 0.3) is 5.91 Å². The molecule has 2 aromatic heterocycles. The van der Waals surface area contributed by atoms with Crippen molar-refractivity contribution in [1.29, 1.82) is 0 Å². The topological polar surface area (TPSA) is 51.3 Å². The number of hydrogen-bond donors (Lipinski definition) is 1. The van der Waals surface area contributed by atoms with Gasteiger partial charge in [0.2, 0.25) is 0 Å². The first kappa shape index (κ1) is 14.5. The Labute approximate surface area is 133 Å². The van der Waals surface area contributed by atoms with Gasteiger partial charge in [-0.1, -0.05) is 11.6 Å². The fourth-order valence-corrected chi connectivity index (χ4v) is 3.54. The Hall–Kier alpha value is -1.46. The molecule has 112 valence electrons. The van der Waals surface area contributed by atoms with E-state index in [-0.39, 0.29) is 5.91 Å². The van der Waals surface area contributed by atoms with Gasteiger partial charge in [-0.25, -0.2) is 0 Å². The number of aromatic nitrogens is 1. The van der Waals surface area contributed by atoms with Crippen molar-refractivity contribution in [3.8, 4) is 0 Å². The van der Waals surface area contributed by atoms with Crippen LogP contribution in [0.15, 0.2) is 24.4 Å². The van der Waals surface area contributed by atoms with Crippen molar-refractivity contribution < 1.29 is 4.79 Å². The van der Waals surface area contributed by atoms with Gasteiger partial charge in [0, 0.05) is 23.7 Å². The summed E-state index contributed by atoms with van der Waals surface area (Å²) >= 11 is 7.47. The maximum atomic E-state index is 12.8. The molecule has 2 heterocycles. The van der Waals surface area contributed by atoms with Crippen LogP contribution in [0.25, 0.3) is 0 Å². The molecule has 0 radical (unpaired) electrons. The van der Waals surface area contributed by atoms with Crippen molar-refractivity contribution in [3.63, 3.8) is 0 Å². The van der Waals surface area contributed by atoms with Gasteiger partial charge in [0.15, 0.2) is 0 Å². The van der Waals surface area contributed by atoms with E-state index < -0.39 is 0 Å². The smallest absolute Gasteiger partial charge is 0.270 e. The van der Waals surface area contributed by atoms with E-state index in [1.807, 2.05) is 34.7 Å². The van der Waals surface area contributed by atoms with Crippen LogP contribution in [0.2, 0.25) is 4.34 Å². The predicted molar refractivity (Wildman–Crippen MR) is 86.9 cm³/mol. The largest absolute Gasteiger partial charge is 0.397 e. The molecule has 1 fully saturated rings. The SMILES string of the molecule is CCN(Cc1ccc(Cl)s1)C(=O)c1cc(N)cn1C1CC1. The second-order valence-electron chi connectivity index (χ2n) is 5.32. The first-order valence-electron chi connectivity index (χ1n) is 7.09. The second kappa shape index (κ2) is 5.73. The molecule has 0 aliphatic heterocycles. The minimum absolute atomic E-state index is 0.0330. The molecular weight excluding hydrogens is 306 g/mol. The number of carbonyl (C=O) groups excluding carboxylic acids is 1. The summed E-state index contributed by atoms with van der Waals surface area (Å²) in [6, 6.07) is 6.06. The van der Waals surface area contributed by atoms with Gasteiger partial charge < -0.3 is 15.2 Å². The summed E-state index contributed by atoms with van der Waals surface area (Å²) in [5.41, 5.74) is 7.22. The molecule has 2 aromatic rings. The number of nitrogen functional groups attached to an aromatic ring is 1. The van der Waals surface area contributed by atoms with Gasteiger partial charge in [-0.15, -0.1) is 11.3 Å². The van der Waals surface area contributed by atoms with Gasteiger partial charge in [-0.3, -0.25) is 4.79 Å². The number of hydrogen-bond acceptors (Lipinski definition) is 3. The Morgan fingerprint density at radius 2 is 2.29 bits per heavy atom. The van der Waals surface area contributed by atoms with E-state index in [0.29, 0.717) is 30.5 Å². The lowest BCUT2D eigenvalue weighted by atomic mass is 10.3. The third kappa shape index (κ3) is 3.09. The van der Waals surface area contributed by atoms with Crippen LogP contribution in [0.3, 0.4) is 0 Å². The van der Waals surface area contributed by atoms with Gasteiger partial charge >= 0.3 is 0 Å². The normalized spacial score (nSPS) is 14.4. The van der Waals surface area contributed by atoms with E-state index in [2.05, 4.69) is 0 Å². The molecule has 0 atom stereocenters. The standard InChI is InChI=1S/C15H18ClN3OS/c1-2-18(9-12-5-6-14(16)21-12)15(20)13-7-10(17)8-19(13)11-3-4-11/h5-8,11H,2-4,9,17H2,1H3. The van der Waals surface area contributed by atoms with Crippen molar-refractivity contribution in [3.05, 3.63) is 39.3 Å². The summed E-state index contributed by atoms with van der Waals surface area (Å²) in [6.45, 7) is 3.23. The van der Waals surface area contributed by atoms with Gasteiger partial charge in [0.1, 0.15) is 5.69 Å². The molecule has 1 aliphatic rings. The van der Waals surface area contributed by atoms with Crippen molar-refractivity contribution in [2.75, 3.05) is 12.3 Å². The van der Waals surface area contributed by atoms with E-state index in [4.69, 9.17) is 17.3 Å². The van der Waals surface area contributed by atoms with Gasteiger partial charge in [0.05, 0.1) is 16.6 Å². The zero-order valence-electron chi connectivity index (χ0n) is 11.9. The summed E-state index contributed by atoms with van der Waals surface area (Å²) in [5.74, 6) is 0.0330. The zero-order chi connectivity index (χ0) is 15.0. The summed E-state index contributed by atoms with van der Waals surface area (Å²) < 4.78 is 2.78. The van der Waals surface area contributed by atoms with Crippen molar-refractivity contribution in [2.45, 2.75) is 32.4 Å². The lowest BCUT2D eigenvalue weighted by Crippen LogP contribution is -2.31. The molecular formula is C15H18ClN3OS. The summed E-state index contributed by atoms with van der Waals surface area (Å²) in [6.07, 6.45) is 4.13. The average molecular weight is 324 g/mol. The molecule has 1 saturated carbocycles. The van der Waals surface area contributed by atoms with Gasteiger partial charge in [-0.05, 0) is 38.0 Å². The molecule has 0 unspecified atom stereocenters. The third-order valence-electron chi connectivity index (χ3n) is 3.67. The van der Waals surface area contributed by atoms with E-state index in [9.17, 15) is 4.79 Å². The first-order valence-corrected chi connectivity index (χ1v) is 8.28. The highest BCUT2D eigenvalue weighted by molar-refractivity contribution is 7.16. The summed E-state index contributed by atoms with van der Waals surface area (Å²) in [7, 11) is 0. The molecule has 0 bridgehead atoms. The number of carbonyl (C=O) groups is 1. The minimum atomic E-state index is 0.0330. The Morgan fingerprint density at radius 1 is 1.52 bits per heavy atom. The molecule has 4 nitrogen and oxygen atoms in total. The molecule has 0 saturated heterocycles. The fraction of sp³-hybridized carbons (Fsp3) is 0.400. The maximum Gasteiger partial charge on any atom is 0.270 e. The second-order valence-corrected chi connectivity index (χ2v) is 7.12. The fourth-order valence-electron chi connectivity index (χ4n) is 2.44. The molecule has 6 heteroatoms. The lowest BCUT2D eigenvalue weighted by Gasteiger charge is -2.21. The molecule has 3 rings (SSSR count). The van der Waals surface area contributed by atoms with Crippen molar-refractivity contribution >= 4 is 34.5 Å². The van der Waals surface area contributed by atoms with Crippen LogP contribution < -0.4 is 5.73 Å². The molecule has 1 amide bonds. The molecule has 0 spiro atoms. The average Bonchev–Trinajstić information content (AvgIpc) is 3.12. The number of anilines is 1. The van der Waals surface area contributed by atoms with Crippen LogP contribution in [0.5, 0.6) is 0 Å². The van der Waals surface area contributed by atoms with E-state index in [1.54, 1.807) is 6.07 Å². The Kier molecular flexibility index (Phi) is 3.95. The van der Waals surface area contributed by atoms with Crippen molar-refractivity contribution in [2.24, 2.45) is 0 Å². The van der Waals surface area contributed by atoms with Crippen LogP contribution in [0.1, 0.15) is 41.2 Å². The summed E-state index contributed by atoms with van der Waals surface area (Å²) in [5, 5.41) is 0. The number of nitrogens with zero attached hydrogens (tertiary/aromatic N) is 2. The molecule has 0 aromatic carbocycles. The highest BCUT2D eigenvalue weighted by atomic mass is 35.5. The lowest BCUT2D eigenvalue weighted by molar-refractivity contribution is 0.0743.